The lowest BCUT2D eigenvalue weighted by atomic mass is 10.3. The number of hydrogen-bond acceptors (Lipinski definition) is 3. The Bertz CT molecular complexity index is 194. The standard InChI is InChI=1S/C10H16O3/c1-3-13-10(11)8(2)6-12-7-9-4-5-9/h9H,2-7H2,1H3. The Morgan fingerprint density at radius 1 is 1.54 bits per heavy atom. The lowest BCUT2D eigenvalue weighted by molar-refractivity contribution is -0.139. The van der Waals surface area contributed by atoms with Crippen LogP contribution in [0.3, 0.4) is 0 Å². The van der Waals surface area contributed by atoms with E-state index in [2.05, 4.69) is 6.58 Å². The molecule has 0 aromatic rings. The van der Waals surface area contributed by atoms with Gasteiger partial charge in [0, 0.05) is 6.61 Å². The van der Waals surface area contributed by atoms with E-state index in [1.807, 2.05) is 0 Å². The Hall–Kier alpha value is -0.830. The highest BCUT2D eigenvalue weighted by atomic mass is 16.5. The highest BCUT2D eigenvalue weighted by molar-refractivity contribution is 5.87. The fraction of sp³-hybridized carbons (Fsp3) is 0.700. The van der Waals surface area contributed by atoms with Gasteiger partial charge in [-0.2, -0.15) is 0 Å². The van der Waals surface area contributed by atoms with E-state index in [0.29, 0.717) is 18.8 Å². The van der Waals surface area contributed by atoms with Gasteiger partial charge in [-0.3, -0.25) is 0 Å². The summed E-state index contributed by atoms with van der Waals surface area (Å²) in [4.78, 5) is 11.0. The molecule has 13 heavy (non-hydrogen) atoms. The van der Waals surface area contributed by atoms with Gasteiger partial charge < -0.3 is 9.47 Å². The zero-order valence-corrected chi connectivity index (χ0v) is 8.04. The Labute approximate surface area is 78.7 Å². The van der Waals surface area contributed by atoms with E-state index in [1.54, 1.807) is 6.92 Å². The molecule has 0 aliphatic heterocycles. The molecule has 0 aromatic heterocycles. The van der Waals surface area contributed by atoms with Crippen LogP contribution < -0.4 is 0 Å². The van der Waals surface area contributed by atoms with Gasteiger partial charge in [-0.25, -0.2) is 4.79 Å². The monoisotopic (exact) mass is 184 g/mol. The summed E-state index contributed by atoms with van der Waals surface area (Å²) in [7, 11) is 0. The first-order valence-electron chi connectivity index (χ1n) is 4.66. The highest BCUT2D eigenvalue weighted by Crippen LogP contribution is 2.28. The SMILES string of the molecule is C=C(COCC1CC1)C(=O)OCC. The molecule has 1 rings (SSSR count). The molecular weight excluding hydrogens is 168 g/mol. The molecule has 0 bridgehead atoms. The smallest absolute Gasteiger partial charge is 0.335 e. The molecule has 0 saturated heterocycles. The van der Waals surface area contributed by atoms with E-state index in [-0.39, 0.29) is 5.97 Å². The van der Waals surface area contributed by atoms with Crippen LogP contribution in [-0.4, -0.2) is 25.8 Å². The van der Waals surface area contributed by atoms with Crippen LogP contribution in [0.15, 0.2) is 12.2 Å². The third kappa shape index (κ3) is 4.08. The maximum atomic E-state index is 11.0. The van der Waals surface area contributed by atoms with E-state index in [4.69, 9.17) is 9.47 Å². The summed E-state index contributed by atoms with van der Waals surface area (Å²) < 4.78 is 10.0. The van der Waals surface area contributed by atoms with E-state index < -0.39 is 0 Å². The zero-order valence-electron chi connectivity index (χ0n) is 8.04. The minimum atomic E-state index is -0.349. The second kappa shape index (κ2) is 5.02. The van der Waals surface area contributed by atoms with Gasteiger partial charge in [0.1, 0.15) is 0 Å². The van der Waals surface area contributed by atoms with Crippen LogP contribution in [0, 0.1) is 5.92 Å². The first kappa shape index (κ1) is 10.3. The molecule has 0 radical (unpaired) electrons. The van der Waals surface area contributed by atoms with Crippen LogP contribution in [0.2, 0.25) is 0 Å². The summed E-state index contributed by atoms with van der Waals surface area (Å²) in [6.45, 7) is 6.80. The number of carbonyl (C=O) groups is 1. The van der Waals surface area contributed by atoms with Crippen molar-refractivity contribution in [1.29, 1.82) is 0 Å². The molecule has 1 aliphatic rings. The minimum absolute atomic E-state index is 0.301. The number of esters is 1. The maximum Gasteiger partial charge on any atom is 0.335 e. The Balaban J connectivity index is 2.04. The zero-order chi connectivity index (χ0) is 9.68. The van der Waals surface area contributed by atoms with Crippen molar-refractivity contribution in [1.82, 2.24) is 0 Å². The van der Waals surface area contributed by atoms with Crippen LogP contribution >= 0.6 is 0 Å². The van der Waals surface area contributed by atoms with Gasteiger partial charge in [-0.15, -0.1) is 0 Å². The third-order valence-corrected chi connectivity index (χ3v) is 1.89. The summed E-state index contributed by atoms with van der Waals surface area (Å²) in [5.74, 6) is 0.369. The Kier molecular flexibility index (Phi) is 3.96. The molecule has 0 amide bonds. The van der Waals surface area contributed by atoms with Crippen molar-refractivity contribution in [3.05, 3.63) is 12.2 Å². The number of rotatable bonds is 6. The van der Waals surface area contributed by atoms with E-state index in [9.17, 15) is 4.79 Å². The first-order chi connectivity index (χ1) is 6.24. The Morgan fingerprint density at radius 3 is 2.77 bits per heavy atom. The molecule has 0 unspecified atom stereocenters. The van der Waals surface area contributed by atoms with Crippen LogP contribution in [-0.2, 0) is 14.3 Å². The predicted molar refractivity (Wildman–Crippen MR) is 49.3 cm³/mol. The summed E-state index contributed by atoms with van der Waals surface area (Å²) in [6, 6.07) is 0. The minimum Gasteiger partial charge on any atom is -0.463 e. The molecular formula is C10H16O3. The predicted octanol–water partition coefficient (Wildman–Crippen LogP) is 1.53. The lowest BCUT2D eigenvalue weighted by Crippen LogP contribution is -2.12. The van der Waals surface area contributed by atoms with Crippen molar-refractivity contribution in [2.45, 2.75) is 19.8 Å². The average molecular weight is 184 g/mol. The summed E-state index contributed by atoms with van der Waals surface area (Å²) in [6.07, 6.45) is 2.51. The van der Waals surface area contributed by atoms with Gasteiger partial charge in [0.2, 0.25) is 0 Å². The average Bonchev–Trinajstić information content (AvgIpc) is 2.88. The second-order valence-electron chi connectivity index (χ2n) is 3.28. The second-order valence-corrected chi connectivity index (χ2v) is 3.28. The molecule has 3 nitrogen and oxygen atoms in total. The van der Waals surface area contributed by atoms with Gasteiger partial charge >= 0.3 is 5.97 Å². The normalized spacial score (nSPS) is 15.5. The largest absolute Gasteiger partial charge is 0.463 e. The fourth-order valence-corrected chi connectivity index (χ4v) is 0.925. The maximum absolute atomic E-state index is 11.0. The van der Waals surface area contributed by atoms with Crippen LogP contribution in [0.5, 0.6) is 0 Å². The van der Waals surface area contributed by atoms with Crippen molar-refractivity contribution < 1.29 is 14.3 Å². The molecule has 0 heterocycles. The quantitative estimate of drug-likeness (QED) is 0.464. The summed E-state index contributed by atoms with van der Waals surface area (Å²) in [5, 5.41) is 0. The van der Waals surface area contributed by atoms with Gasteiger partial charge in [-0.1, -0.05) is 6.58 Å². The van der Waals surface area contributed by atoms with Crippen molar-refractivity contribution in [3.63, 3.8) is 0 Å². The molecule has 1 aliphatic carbocycles. The van der Waals surface area contributed by atoms with Crippen molar-refractivity contribution in [2.24, 2.45) is 5.92 Å². The van der Waals surface area contributed by atoms with Crippen LogP contribution in [0.25, 0.3) is 0 Å². The van der Waals surface area contributed by atoms with Crippen molar-refractivity contribution in [2.75, 3.05) is 19.8 Å². The van der Waals surface area contributed by atoms with E-state index in [0.717, 1.165) is 12.5 Å². The van der Waals surface area contributed by atoms with Gasteiger partial charge in [0.15, 0.2) is 0 Å². The molecule has 0 aromatic carbocycles. The van der Waals surface area contributed by atoms with Crippen LogP contribution in [0.4, 0.5) is 0 Å². The first-order valence-corrected chi connectivity index (χ1v) is 4.66. The Morgan fingerprint density at radius 2 is 2.23 bits per heavy atom. The molecule has 1 fully saturated rings. The van der Waals surface area contributed by atoms with Crippen molar-refractivity contribution in [3.8, 4) is 0 Å². The van der Waals surface area contributed by atoms with Crippen molar-refractivity contribution >= 4 is 5.97 Å². The molecule has 0 spiro atoms. The van der Waals surface area contributed by atoms with Crippen LogP contribution in [0.1, 0.15) is 19.8 Å². The summed E-state index contributed by atoms with van der Waals surface area (Å²) >= 11 is 0. The van der Waals surface area contributed by atoms with Gasteiger partial charge in [0.05, 0.1) is 18.8 Å². The van der Waals surface area contributed by atoms with E-state index >= 15 is 0 Å². The van der Waals surface area contributed by atoms with Gasteiger partial charge in [-0.05, 0) is 25.7 Å². The molecule has 0 atom stereocenters. The number of carbonyl (C=O) groups excluding carboxylic acids is 1. The number of ether oxygens (including phenoxy) is 2. The fourth-order valence-electron chi connectivity index (χ4n) is 0.925. The topological polar surface area (TPSA) is 35.5 Å². The molecule has 74 valence electrons. The number of hydrogen-bond donors (Lipinski definition) is 0. The lowest BCUT2D eigenvalue weighted by Gasteiger charge is -2.05. The summed E-state index contributed by atoms with van der Waals surface area (Å²) in [5.41, 5.74) is 0.405. The molecule has 1 saturated carbocycles. The third-order valence-electron chi connectivity index (χ3n) is 1.89. The van der Waals surface area contributed by atoms with Gasteiger partial charge in [0.25, 0.3) is 0 Å². The highest BCUT2D eigenvalue weighted by Gasteiger charge is 2.21. The molecule has 0 N–H and O–H groups in total. The van der Waals surface area contributed by atoms with E-state index in [1.165, 1.54) is 12.8 Å². The molecule has 3 heteroatoms.